The van der Waals surface area contributed by atoms with Gasteiger partial charge in [0.05, 0.1) is 13.2 Å². The summed E-state index contributed by atoms with van der Waals surface area (Å²) in [6.07, 6.45) is 16.0. The van der Waals surface area contributed by atoms with Gasteiger partial charge in [-0.1, -0.05) is 96.8 Å². The molecule has 178 valence electrons. The van der Waals surface area contributed by atoms with Gasteiger partial charge in [-0.25, -0.2) is 9.59 Å². The summed E-state index contributed by atoms with van der Waals surface area (Å²) >= 11 is 0. The molecule has 2 atom stereocenters. The van der Waals surface area contributed by atoms with Gasteiger partial charge in [0.15, 0.2) is 11.7 Å². The first-order valence-corrected chi connectivity index (χ1v) is 11.8. The Balaban J connectivity index is 3.69. The third kappa shape index (κ3) is 14.1. The van der Waals surface area contributed by atoms with Crippen molar-refractivity contribution in [3.8, 4) is 0 Å². The van der Waals surface area contributed by atoms with Crippen LogP contribution in [0.2, 0.25) is 0 Å². The van der Waals surface area contributed by atoms with Gasteiger partial charge in [-0.3, -0.25) is 0 Å². The van der Waals surface area contributed by atoms with Crippen molar-refractivity contribution in [3.05, 3.63) is 0 Å². The molecule has 0 spiro atoms. The average molecular weight is 433 g/mol. The van der Waals surface area contributed by atoms with E-state index in [4.69, 9.17) is 10.2 Å². The molecule has 0 aromatic rings. The van der Waals surface area contributed by atoms with E-state index >= 15 is 0 Å². The van der Waals surface area contributed by atoms with Gasteiger partial charge in [0.1, 0.15) is 0 Å². The van der Waals surface area contributed by atoms with E-state index in [-0.39, 0.29) is 6.42 Å². The van der Waals surface area contributed by atoms with Crippen LogP contribution in [0.25, 0.3) is 0 Å². The Kier molecular flexibility index (Phi) is 18.1. The Bertz CT molecular complexity index is 441. The molecule has 0 aliphatic carbocycles. The molecule has 0 aliphatic rings. The third-order valence-electron chi connectivity index (χ3n) is 5.47. The normalized spacial score (nSPS) is 14.3. The number of ether oxygens (including phenoxy) is 1. The minimum absolute atomic E-state index is 0.0247. The maximum Gasteiger partial charge on any atom is 0.348 e. The molecule has 0 bridgehead atoms. The van der Waals surface area contributed by atoms with Crippen LogP contribution in [0.15, 0.2) is 0 Å². The van der Waals surface area contributed by atoms with Gasteiger partial charge in [0, 0.05) is 0 Å². The molecular formula is C23H44O7. The van der Waals surface area contributed by atoms with Gasteiger partial charge in [-0.05, 0) is 12.8 Å². The second-order valence-electron chi connectivity index (χ2n) is 8.30. The molecule has 0 heterocycles. The summed E-state index contributed by atoms with van der Waals surface area (Å²) in [6, 6.07) is 0. The van der Waals surface area contributed by atoms with E-state index in [1.54, 1.807) is 0 Å². The van der Waals surface area contributed by atoms with Crippen molar-refractivity contribution in [3.63, 3.8) is 0 Å². The summed E-state index contributed by atoms with van der Waals surface area (Å²) in [5.74, 6) is -2.64. The highest BCUT2D eigenvalue weighted by Gasteiger charge is 2.38. The molecule has 7 heteroatoms. The van der Waals surface area contributed by atoms with Crippen LogP contribution in [0.1, 0.15) is 110 Å². The van der Waals surface area contributed by atoms with E-state index in [1.165, 1.54) is 70.6 Å². The minimum Gasteiger partial charge on any atom is -0.393 e. The van der Waals surface area contributed by atoms with E-state index in [0.717, 1.165) is 19.3 Å². The summed E-state index contributed by atoms with van der Waals surface area (Å²) in [4.78, 5) is 23.2. The van der Waals surface area contributed by atoms with Crippen LogP contribution < -0.4 is 0 Å². The molecule has 4 N–H and O–H groups in total. The number of rotatable bonds is 20. The number of aliphatic hydroxyl groups is 4. The predicted octanol–water partition coefficient (Wildman–Crippen LogP) is 3.39. The quantitative estimate of drug-likeness (QED) is 0.132. The zero-order valence-electron chi connectivity index (χ0n) is 18.8. The van der Waals surface area contributed by atoms with Crippen LogP contribution >= 0.6 is 0 Å². The van der Waals surface area contributed by atoms with Crippen LogP contribution in [-0.2, 0) is 14.3 Å². The first-order valence-electron chi connectivity index (χ1n) is 11.8. The van der Waals surface area contributed by atoms with Crippen molar-refractivity contribution in [2.45, 2.75) is 121 Å². The summed E-state index contributed by atoms with van der Waals surface area (Å²) in [5.41, 5.74) is -2.17. The largest absolute Gasteiger partial charge is 0.393 e. The zero-order valence-corrected chi connectivity index (χ0v) is 18.8. The molecule has 0 saturated heterocycles. The highest BCUT2D eigenvalue weighted by atomic mass is 16.6. The van der Waals surface area contributed by atoms with Crippen molar-refractivity contribution < 1.29 is 34.8 Å². The summed E-state index contributed by atoms with van der Waals surface area (Å²) in [7, 11) is 0. The standard InChI is InChI=1S/C23H44O7/c1-2-3-4-5-6-7-8-9-10-11-12-13-14-15-16-17-23(29,19-25)22(28)30-21(27)20(26)18-24/h20,24-26,29H,2-19H2,1H3. The zero-order chi connectivity index (χ0) is 22.7. The Hall–Kier alpha value is -1.02. The van der Waals surface area contributed by atoms with E-state index in [1.807, 2.05) is 0 Å². The third-order valence-corrected chi connectivity index (χ3v) is 5.47. The fourth-order valence-corrected chi connectivity index (χ4v) is 3.36. The van der Waals surface area contributed by atoms with Crippen LogP contribution in [0.4, 0.5) is 0 Å². The molecule has 30 heavy (non-hydrogen) atoms. The van der Waals surface area contributed by atoms with Gasteiger partial charge in [0.2, 0.25) is 0 Å². The molecule has 0 aliphatic heterocycles. The van der Waals surface area contributed by atoms with Crippen molar-refractivity contribution in [2.75, 3.05) is 13.2 Å². The van der Waals surface area contributed by atoms with Crippen molar-refractivity contribution in [2.24, 2.45) is 0 Å². The lowest BCUT2D eigenvalue weighted by atomic mass is 9.96. The van der Waals surface area contributed by atoms with E-state index in [2.05, 4.69) is 11.7 Å². The summed E-state index contributed by atoms with van der Waals surface area (Å²) in [5, 5.41) is 37.2. The highest BCUT2D eigenvalue weighted by Crippen LogP contribution is 2.19. The first-order chi connectivity index (χ1) is 14.4. The predicted molar refractivity (Wildman–Crippen MR) is 116 cm³/mol. The van der Waals surface area contributed by atoms with Crippen LogP contribution in [0, 0.1) is 0 Å². The Morgan fingerprint density at radius 2 is 1.17 bits per heavy atom. The van der Waals surface area contributed by atoms with Crippen LogP contribution in [0.5, 0.6) is 0 Å². The smallest absolute Gasteiger partial charge is 0.348 e. The molecule has 0 aromatic heterocycles. The topological polar surface area (TPSA) is 124 Å². The SMILES string of the molecule is CCCCCCCCCCCCCCCCCC(O)(CO)C(=O)OC(=O)C(O)CO. The number of carbonyl (C=O) groups is 2. The minimum atomic E-state index is -2.17. The second-order valence-corrected chi connectivity index (χ2v) is 8.30. The molecular weight excluding hydrogens is 388 g/mol. The Morgan fingerprint density at radius 1 is 0.767 bits per heavy atom. The fraction of sp³-hybridized carbons (Fsp3) is 0.913. The van der Waals surface area contributed by atoms with E-state index in [9.17, 15) is 19.8 Å². The number of hydrogen-bond donors (Lipinski definition) is 4. The molecule has 0 radical (unpaired) electrons. The average Bonchev–Trinajstić information content (AvgIpc) is 2.75. The molecule has 0 rings (SSSR count). The lowest BCUT2D eigenvalue weighted by Crippen LogP contribution is -2.46. The van der Waals surface area contributed by atoms with Crippen molar-refractivity contribution in [1.29, 1.82) is 0 Å². The number of aliphatic hydroxyl groups excluding tert-OH is 3. The van der Waals surface area contributed by atoms with Gasteiger partial charge in [0.25, 0.3) is 0 Å². The Morgan fingerprint density at radius 3 is 1.53 bits per heavy atom. The van der Waals surface area contributed by atoms with E-state index in [0.29, 0.717) is 6.42 Å². The number of esters is 2. The van der Waals surface area contributed by atoms with Gasteiger partial charge in [-0.15, -0.1) is 0 Å². The molecule has 0 amide bonds. The van der Waals surface area contributed by atoms with Crippen molar-refractivity contribution in [1.82, 2.24) is 0 Å². The van der Waals surface area contributed by atoms with E-state index < -0.39 is 36.9 Å². The summed E-state index contributed by atoms with van der Waals surface area (Å²) < 4.78 is 4.34. The molecule has 0 saturated carbocycles. The lowest BCUT2D eigenvalue weighted by Gasteiger charge is -2.23. The maximum absolute atomic E-state index is 11.9. The van der Waals surface area contributed by atoms with Crippen molar-refractivity contribution >= 4 is 11.9 Å². The van der Waals surface area contributed by atoms with Gasteiger partial charge >= 0.3 is 11.9 Å². The number of unbranched alkanes of at least 4 members (excludes halogenated alkanes) is 14. The monoisotopic (exact) mass is 432 g/mol. The summed E-state index contributed by atoms with van der Waals surface area (Å²) in [6.45, 7) is 0.485. The maximum atomic E-state index is 11.9. The molecule has 7 nitrogen and oxygen atoms in total. The fourth-order valence-electron chi connectivity index (χ4n) is 3.36. The molecule has 2 unspecified atom stereocenters. The number of hydrogen-bond acceptors (Lipinski definition) is 7. The van der Waals surface area contributed by atoms with Gasteiger partial charge in [-0.2, -0.15) is 0 Å². The van der Waals surface area contributed by atoms with Crippen LogP contribution in [0.3, 0.4) is 0 Å². The first kappa shape index (κ1) is 29.0. The lowest BCUT2D eigenvalue weighted by molar-refractivity contribution is -0.183. The number of carbonyl (C=O) groups excluding carboxylic acids is 2. The van der Waals surface area contributed by atoms with Gasteiger partial charge < -0.3 is 25.2 Å². The Labute approximate surface area is 181 Å². The second kappa shape index (κ2) is 18.7. The highest BCUT2D eigenvalue weighted by molar-refractivity contribution is 5.92. The molecule has 0 aromatic carbocycles. The van der Waals surface area contributed by atoms with Crippen LogP contribution in [-0.4, -0.2) is 57.3 Å². The molecule has 0 fully saturated rings.